The summed E-state index contributed by atoms with van der Waals surface area (Å²) in [4.78, 5) is 11.2. The Morgan fingerprint density at radius 2 is 2.00 bits per heavy atom. The second-order valence-corrected chi connectivity index (χ2v) is 7.04. The van der Waals surface area contributed by atoms with Gasteiger partial charge in [0, 0.05) is 11.8 Å². The van der Waals surface area contributed by atoms with Crippen molar-refractivity contribution in [2.45, 2.75) is 24.8 Å². The first-order valence-corrected chi connectivity index (χ1v) is 8.91. The monoisotopic (exact) mass is 331 g/mol. The highest BCUT2D eigenvalue weighted by Crippen LogP contribution is 2.23. The van der Waals surface area contributed by atoms with Crippen LogP contribution >= 0.6 is 0 Å². The van der Waals surface area contributed by atoms with E-state index in [4.69, 9.17) is 4.74 Å². The van der Waals surface area contributed by atoms with Gasteiger partial charge in [-0.3, -0.25) is 4.98 Å². The van der Waals surface area contributed by atoms with Crippen molar-refractivity contribution in [3.05, 3.63) is 47.8 Å². The van der Waals surface area contributed by atoms with Crippen LogP contribution in [0.3, 0.4) is 0 Å². The number of rotatable bonds is 5. The average molecular weight is 331 g/mol. The minimum Gasteiger partial charge on any atom is -0.493 e. The molecule has 1 aromatic carbocycles. The van der Waals surface area contributed by atoms with Gasteiger partial charge in [-0.2, -0.15) is 0 Å². The van der Waals surface area contributed by atoms with Gasteiger partial charge in [0.1, 0.15) is 11.5 Å². The zero-order chi connectivity index (χ0) is 16.4. The molecule has 0 aliphatic heterocycles. The molecule has 1 N–H and O–H groups in total. The molecular weight excluding hydrogens is 314 g/mol. The van der Waals surface area contributed by atoms with Crippen LogP contribution in [0.5, 0.6) is 5.75 Å². The lowest BCUT2D eigenvalue weighted by Gasteiger charge is -2.10. The fraction of sp³-hybridized carbons (Fsp3) is 0.250. The van der Waals surface area contributed by atoms with E-state index < -0.39 is 9.84 Å². The van der Waals surface area contributed by atoms with E-state index in [1.807, 2.05) is 26.0 Å². The maximum Gasteiger partial charge on any atom is 0.226 e. The number of hydrogen-bond acceptors (Lipinski definition) is 5. The van der Waals surface area contributed by atoms with Crippen molar-refractivity contribution in [1.29, 1.82) is 0 Å². The van der Waals surface area contributed by atoms with Gasteiger partial charge in [0.05, 0.1) is 23.3 Å². The van der Waals surface area contributed by atoms with Crippen LogP contribution in [0.15, 0.2) is 41.7 Å². The molecule has 0 bridgehead atoms. The Bertz CT molecular complexity index is 915. The fourth-order valence-corrected chi connectivity index (χ4v) is 3.63. The lowest BCUT2D eigenvalue weighted by molar-refractivity contribution is 0.337. The van der Waals surface area contributed by atoms with Gasteiger partial charge < -0.3 is 9.72 Å². The third-order valence-electron chi connectivity index (χ3n) is 3.55. The zero-order valence-electron chi connectivity index (χ0n) is 12.9. The summed E-state index contributed by atoms with van der Waals surface area (Å²) in [7, 11) is -3.61. The largest absolute Gasteiger partial charge is 0.493 e. The van der Waals surface area contributed by atoms with Crippen molar-refractivity contribution in [2.75, 3.05) is 6.61 Å². The quantitative estimate of drug-likeness (QED) is 0.777. The Labute approximate surface area is 134 Å². The molecule has 0 radical (unpaired) electrons. The molecule has 2 heterocycles. The van der Waals surface area contributed by atoms with E-state index in [-0.39, 0.29) is 10.9 Å². The van der Waals surface area contributed by atoms with Gasteiger partial charge in [-0.25, -0.2) is 13.4 Å². The second-order valence-electron chi connectivity index (χ2n) is 5.13. The Balaban J connectivity index is 1.96. The number of fused-ring (bicyclic) bond motifs is 1. The molecule has 0 saturated carbocycles. The normalized spacial score (nSPS) is 11.7. The smallest absolute Gasteiger partial charge is 0.226 e. The van der Waals surface area contributed by atoms with Gasteiger partial charge in [0.25, 0.3) is 0 Å². The Kier molecular flexibility index (Phi) is 4.04. The first-order valence-electron chi connectivity index (χ1n) is 7.26. The Morgan fingerprint density at radius 1 is 1.22 bits per heavy atom. The summed E-state index contributed by atoms with van der Waals surface area (Å²) in [5.41, 5.74) is 2.52. The van der Waals surface area contributed by atoms with Gasteiger partial charge in [0.15, 0.2) is 0 Å². The van der Waals surface area contributed by atoms with Crippen molar-refractivity contribution in [2.24, 2.45) is 0 Å². The second kappa shape index (κ2) is 6.00. The maximum atomic E-state index is 12.6. The number of pyridine rings is 1. The molecule has 3 rings (SSSR count). The van der Waals surface area contributed by atoms with Crippen molar-refractivity contribution in [3.8, 4) is 5.75 Å². The van der Waals surface area contributed by atoms with Crippen LogP contribution < -0.4 is 4.74 Å². The number of aromatic amines is 1. The minimum atomic E-state index is -3.61. The molecule has 0 unspecified atom stereocenters. The highest BCUT2D eigenvalue weighted by atomic mass is 32.2. The van der Waals surface area contributed by atoms with Gasteiger partial charge in [-0.15, -0.1) is 0 Å². The third-order valence-corrected chi connectivity index (χ3v) is 4.98. The first kappa shape index (κ1) is 15.5. The molecule has 0 aliphatic rings. The highest BCUT2D eigenvalue weighted by Gasteiger charge is 2.22. The number of benzene rings is 1. The van der Waals surface area contributed by atoms with E-state index in [9.17, 15) is 8.42 Å². The van der Waals surface area contributed by atoms with Crippen molar-refractivity contribution < 1.29 is 13.2 Å². The molecular formula is C16H17N3O3S. The summed E-state index contributed by atoms with van der Waals surface area (Å²) in [6.45, 7) is 4.20. The van der Waals surface area contributed by atoms with Crippen LogP contribution in [-0.4, -0.2) is 30.0 Å². The molecule has 6 nitrogen and oxygen atoms in total. The number of ether oxygens (including phenoxy) is 1. The van der Waals surface area contributed by atoms with E-state index >= 15 is 0 Å². The van der Waals surface area contributed by atoms with E-state index in [0.29, 0.717) is 29.1 Å². The number of para-hydroxylation sites is 2. The summed E-state index contributed by atoms with van der Waals surface area (Å²) in [6.07, 6.45) is 1.56. The van der Waals surface area contributed by atoms with Crippen LogP contribution in [0.25, 0.3) is 11.0 Å². The van der Waals surface area contributed by atoms with Crippen molar-refractivity contribution >= 4 is 20.9 Å². The third kappa shape index (κ3) is 3.05. The number of imidazole rings is 1. The fourth-order valence-electron chi connectivity index (χ4n) is 2.34. The zero-order valence-corrected chi connectivity index (χ0v) is 13.7. The summed E-state index contributed by atoms with van der Waals surface area (Å²) in [5.74, 6) is 0.428. The molecule has 23 heavy (non-hydrogen) atoms. The molecule has 120 valence electrons. The Morgan fingerprint density at radius 3 is 2.74 bits per heavy atom. The van der Waals surface area contributed by atoms with Crippen LogP contribution in [0.1, 0.15) is 18.2 Å². The minimum absolute atomic E-state index is 0.0401. The van der Waals surface area contributed by atoms with Crippen LogP contribution in [0.4, 0.5) is 0 Å². The summed E-state index contributed by atoms with van der Waals surface area (Å²) < 4.78 is 30.7. The Hall–Kier alpha value is -2.41. The first-order chi connectivity index (χ1) is 11.0. The van der Waals surface area contributed by atoms with Gasteiger partial charge in [-0.1, -0.05) is 12.1 Å². The molecule has 0 aliphatic carbocycles. The van der Waals surface area contributed by atoms with E-state index in [0.717, 1.165) is 5.56 Å². The van der Waals surface area contributed by atoms with E-state index in [1.54, 1.807) is 24.4 Å². The molecule has 0 saturated heterocycles. The van der Waals surface area contributed by atoms with E-state index in [2.05, 4.69) is 15.0 Å². The van der Waals surface area contributed by atoms with Gasteiger partial charge >= 0.3 is 0 Å². The van der Waals surface area contributed by atoms with Crippen molar-refractivity contribution in [1.82, 2.24) is 15.0 Å². The molecule has 7 heteroatoms. The number of nitrogens with one attached hydrogen (secondary N) is 1. The number of aromatic nitrogens is 3. The van der Waals surface area contributed by atoms with Crippen LogP contribution in [-0.2, 0) is 15.6 Å². The predicted octanol–water partition coefficient (Wildman–Crippen LogP) is 2.64. The lowest BCUT2D eigenvalue weighted by Crippen LogP contribution is -2.10. The van der Waals surface area contributed by atoms with Gasteiger partial charge in [0.2, 0.25) is 15.0 Å². The standard InChI is InChI=1S/C16H17N3O3S/c1-3-22-15-8-9-17-14(11(15)2)10-23(20,21)16-18-12-6-4-5-7-13(12)19-16/h4-9H,3,10H2,1-2H3,(H,18,19). The number of hydrogen-bond donors (Lipinski definition) is 1. The summed E-state index contributed by atoms with van der Waals surface area (Å²) in [6, 6.07) is 8.94. The number of nitrogens with zero attached hydrogens (tertiary/aromatic N) is 2. The molecule has 0 atom stereocenters. The highest BCUT2D eigenvalue weighted by molar-refractivity contribution is 7.90. The van der Waals surface area contributed by atoms with E-state index in [1.165, 1.54) is 0 Å². The molecule has 0 spiro atoms. The van der Waals surface area contributed by atoms with Crippen LogP contribution in [0, 0.1) is 6.92 Å². The number of H-pyrrole nitrogens is 1. The maximum absolute atomic E-state index is 12.6. The topological polar surface area (TPSA) is 84.9 Å². The van der Waals surface area contributed by atoms with Crippen molar-refractivity contribution in [3.63, 3.8) is 0 Å². The summed E-state index contributed by atoms with van der Waals surface area (Å²) >= 11 is 0. The average Bonchev–Trinajstić information content (AvgIpc) is 2.96. The molecule has 3 aromatic rings. The van der Waals surface area contributed by atoms with Gasteiger partial charge in [-0.05, 0) is 32.0 Å². The summed E-state index contributed by atoms with van der Waals surface area (Å²) in [5, 5.41) is -0.0401. The predicted molar refractivity (Wildman–Crippen MR) is 87.1 cm³/mol. The number of sulfone groups is 1. The SMILES string of the molecule is CCOc1ccnc(CS(=O)(=O)c2nc3ccccc3[nH]2)c1C. The van der Waals surface area contributed by atoms with Crippen LogP contribution in [0.2, 0.25) is 0 Å². The molecule has 2 aromatic heterocycles. The lowest BCUT2D eigenvalue weighted by atomic mass is 10.2. The molecule has 0 amide bonds. The molecule has 0 fully saturated rings.